The highest BCUT2D eigenvalue weighted by Gasteiger charge is 2.36. The molecule has 35 heavy (non-hydrogen) atoms. The molecule has 1 aliphatic heterocycles. The molecule has 0 saturated carbocycles. The molecule has 4 aromatic rings. The minimum absolute atomic E-state index is 0.00722. The van der Waals surface area contributed by atoms with Crippen molar-refractivity contribution < 1.29 is 26.4 Å². The van der Waals surface area contributed by atoms with Crippen LogP contribution in [0.4, 0.5) is 13.9 Å². The first kappa shape index (κ1) is 23.6. The lowest BCUT2D eigenvalue weighted by Crippen LogP contribution is -2.46. The molecule has 11 heteroatoms. The number of amides is 1. The summed E-state index contributed by atoms with van der Waals surface area (Å²) in [6.07, 6.45) is 2.50. The number of fused-ring (bicyclic) bond motifs is 1. The van der Waals surface area contributed by atoms with Crippen LogP contribution in [0.15, 0.2) is 70.2 Å². The molecule has 1 saturated heterocycles. The smallest absolute Gasteiger partial charge is 0.243 e. The quantitative estimate of drug-likeness (QED) is 0.367. The van der Waals surface area contributed by atoms with E-state index in [0.717, 1.165) is 12.1 Å². The molecule has 1 fully saturated rings. The van der Waals surface area contributed by atoms with E-state index >= 15 is 0 Å². The summed E-state index contributed by atoms with van der Waals surface area (Å²) < 4.78 is 60.6. The number of thiazole rings is 1. The van der Waals surface area contributed by atoms with E-state index in [2.05, 4.69) is 4.98 Å². The first-order chi connectivity index (χ1) is 16.8. The van der Waals surface area contributed by atoms with Gasteiger partial charge in [0.2, 0.25) is 15.9 Å². The van der Waals surface area contributed by atoms with Gasteiger partial charge in [0.25, 0.3) is 0 Å². The summed E-state index contributed by atoms with van der Waals surface area (Å²) in [6.45, 7) is 0.365. The molecule has 0 bridgehead atoms. The zero-order valence-corrected chi connectivity index (χ0v) is 20.1. The van der Waals surface area contributed by atoms with E-state index in [0.29, 0.717) is 34.0 Å². The van der Waals surface area contributed by atoms with Crippen molar-refractivity contribution in [1.29, 1.82) is 0 Å². The molecule has 182 valence electrons. The summed E-state index contributed by atoms with van der Waals surface area (Å²) in [5, 5.41) is 0.380. The Morgan fingerprint density at radius 2 is 1.91 bits per heavy atom. The average molecular weight is 518 g/mol. The van der Waals surface area contributed by atoms with Crippen molar-refractivity contribution in [1.82, 2.24) is 9.29 Å². The average Bonchev–Trinajstić information content (AvgIpc) is 3.52. The van der Waals surface area contributed by atoms with E-state index < -0.39 is 27.6 Å². The molecule has 0 spiro atoms. The monoisotopic (exact) mass is 517 g/mol. The highest BCUT2D eigenvalue weighted by Crippen LogP contribution is 2.33. The Bertz CT molecular complexity index is 1450. The van der Waals surface area contributed by atoms with Crippen LogP contribution in [-0.2, 0) is 21.4 Å². The lowest BCUT2D eigenvalue weighted by molar-refractivity contribution is -0.123. The van der Waals surface area contributed by atoms with Crippen LogP contribution >= 0.6 is 11.3 Å². The van der Waals surface area contributed by atoms with Gasteiger partial charge in [0.1, 0.15) is 17.4 Å². The number of nitrogens with zero attached hydrogens (tertiary/aromatic N) is 3. The molecule has 3 heterocycles. The van der Waals surface area contributed by atoms with Crippen molar-refractivity contribution in [3.05, 3.63) is 78.3 Å². The number of piperidine rings is 1. The molecule has 2 aromatic carbocycles. The van der Waals surface area contributed by atoms with Gasteiger partial charge in [-0.25, -0.2) is 22.2 Å². The number of hydrogen-bond donors (Lipinski definition) is 0. The summed E-state index contributed by atoms with van der Waals surface area (Å²) in [4.78, 5) is 19.7. The van der Waals surface area contributed by atoms with Gasteiger partial charge in [-0.05, 0) is 67.4 Å². The third-order valence-corrected chi connectivity index (χ3v) is 8.84. The topological polar surface area (TPSA) is 83.7 Å². The Kier molecular flexibility index (Phi) is 6.39. The van der Waals surface area contributed by atoms with E-state index in [1.807, 2.05) is 0 Å². The number of sulfonamides is 1. The molecule has 1 unspecified atom stereocenters. The normalized spacial score (nSPS) is 17.0. The highest BCUT2D eigenvalue weighted by atomic mass is 32.2. The van der Waals surface area contributed by atoms with Crippen LogP contribution in [0.3, 0.4) is 0 Å². The second-order valence-electron chi connectivity index (χ2n) is 8.27. The van der Waals surface area contributed by atoms with E-state index in [4.69, 9.17) is 4.42 Å². The number of furan rings is 1. The van der Waals surface area contributed by atoms with Crippen LogP contribution in [0, 0.1) is 17.6 Å². The van der Waals surface area contributed by atoms with E-state index in [-0.39, 0.29) is 30.4 Å². The van der Waals surface area contributed by atoms with Gasteiger partial charge in [-0.15, -0.1) is 0 Å². The molecule has 0 aliphatic carbocycles. The fourth-order valence-corrected chi connectivity index (χ4v) is 6.66. The number of carbonyl (C=O) groups excluding carboxylic acids is 1. The van der Waals surface area contributed by atoms with Crippen molar-refractivity contribution in [2.75, 3.05) is 18.0 Å². The van der Waals surface area contributed by atoms with Gasteiger partial charge in [-0.2, -0.15) is 4.31 Å². The Labute approximate surface area is 204 Å². The van der Waals surface area contributed by atoms with Crippen molar-refractivity contribution in [2.45, 2.75) is 24.3 Å². The number of anilines is 1. The number of rotatable bonds is 6. The molecule has 0 N–H and O–H groups in total. The first-order valence-corrected chi connectivity index (χ1v) is 13.2. The second-order valence-corrected chi connectivity index (χ2v) is 11.2. The largest absolute Gasteiger partial charge is 0.467 e. The summed E-state index contributed by atoms with van der Waals surface area (Å²) in [6, 6.07) is 12.3. The number of halogens is 2. The third kappa shape index (κ3) is 4.84. The van der Waals surface area contributed by atoms with Gasteiger partial charge in [0.15, 0.2) is 5.13 Å². The van der Waals surface area contributed by atoms with Crippen LogP contribution in [0.5, 0.6) is 0 Å². The standard InChI is InChI=1S/C24H21F2N3O4S2/c25-17-5-8-20(9-6-17)35(31,32)28-11-1-3-16(14-28)23(30)29(15-19-4-2-12-33-19)24-27-21-10-7-18(26)13-22(21)34-24/h2,4-10,12-13,16H,1,3,11,14-15H2. The van der Waals surface area contributed by atoms with Gasteiger partial charge in [0.05, 0.1) is 33.8 Å². The molecule has 1 aliphatic rings. The Morgan fingerprint density at radius 1 is 1.14 bits per heavy atom. The minimum Gasteiger partial charge on any atom is -0.467 e. The maximum atomic E-state index is 13.7. The van der Waals surface area contributed by atoms with Gasteiger partial charge >= 0.3 is 0 Å². The molecular formula is C24H21F2N3O4S2. The molecule has 0 radical (unpaired) electrons. The van der Waals surface area contributed by atoms with Gasteiger partial charge in [-0.3, -0.25) is 9.69 Å². The number of carbonyl (C=O) groups is 1. The minimum atomic E-state index is -3.89. The van der Waals surface area contributed by atoms with Gasteiger partial charge in [-0.1, -0.05) is 11.3 Å². The first-order valence-electron chi connectivity index (χ1n) is 11.0. The summed E-state index contributed by atoms with van der Waals surface area (Å²) in [5.41, 5.74) is 0.563. The van der Waals surface area contributed by atoms with Gasteiger partial charge < -0.3 is 4.42 Å². The van der Waals surface area contributed by atoms with Crippen molar-refractivity contribution in [2.24, 2.45) is 5.92 Å². The third-order valence-electron chi connectivity index (χ3n) is 5.91. The van der Waals surface area contributed by atoms with Crippen molar-refractivity contribution in [3.63, 3.8) is 0 Å². The van der Waals surface area contributed by atoms with Crippen molar-refractivity contribution >= 4 is 42.6 Å². The number of hydrogen-bond acceptors (Lipinski definition) is 6. The van der Waals surface area contributed by atoms with E-state index in [9.17, 15) is 22.0 Å². The second kappa shape index (κ2) is 9.48. The zero-order chi connectivity index (χ0) is 24.6. The maximum absolute atomic E-state index is 13.7. The van der Waals surface area contributed by atoms with Crippen LogP contribution in [0.25, 0.3) is 10.2 Å². The Hall–Kier alpha value is -3.15. The van der Waals surface area contributed by atoms with Crippen LogP contribution in [-0.4, -0.2) is 36.7 Å². The SMILES string of the molecule is O=C(C1CCCN(S(=O)(=O)c2ccc(F)cc2)C1)N(Cc1ccco1)c1nc2ccc(F)cc2s1. The molecule has 7 nitrogen and oxygen atoms in total. The lowest BCUT2D eigenvalue weighted by Gasteiger charge is -2.33. The molecule has 1 atom stereocenters. The maximum Gasteiger partial charge on any atom is 0.243 e. The molecule has 5 rings (SSSR count). The van der Waals surface area contributed by atoms with Crippen LogP contribution in [0.2, 0.25) is 0 Å². The van der Waals surface area contributed by atoms with Gasteiger partial charge in [0, 0.05) is 13.1 Å². The van der Waals surface area contributed by atoms with Crippen LogP contribution in [0.1, 0.15) is 18.6 Å². The van der Waals surface area contributed by atoms with E-state index in [1.54, 1.807) is 18.2 Å². The molecule has 2 aromatic heterocycles. The summed E-state index contributed by atoms with van der Waals surface area (Å²) >= 11 is 1.18. The fraction of sp³-hybridized carbons (Fsp3) is 0.250. The molecule has 1 amide bonds. The Morgan fingerprint density at radius 3 is 2.66 bits per heavy atom. The van der Waals surface area contributed by atoms with E-state index in [1.165, 1.54) is 51.1 Å². The predicted molar refractivity (Wildman–Crippen MR) is 127 cm³/mol. The zero-order valence-electron chi connectivity index (χ0n) is 18.4. The number of aromatic nitrogens is 1. The fourth-order valence-electron chi connectivity index (χ4n) is 4.14. The summed E-state index contributed by atoms with van der Waals surface area (Å²) in [7, 11) is -3.89. The summed E-state index contributed by atoms with van der Waals surface area (Å²) in [5.74, 6) is -1.29. The predicted octanol–water partition coefficient (Wildman–Crippen LogP) is 4.80. The lowest BCUT2D eigenvalue weighted by atomic mass is 9.98. The Balaban J connectivity index is 1.43. The number of benzene rings is 2. The van der Waals surface area contributed by atoms with Crippen LogP contribution < -0.4 is 4.90 Å². The highest BCUT2D eigenvalue weighted by molar-refractivity contribution is 7.89. The van der Waals surface area contributed by atoms with Crippen molar-refractivity contribution in [3.8, 4) is 0 Å². The molecular weight excluding hydrogens is 496 g/mol.